The Kier molecular flexibility index (Phi) is 4.26. The quantitative estimate of drug-likeness (QED) is 0.350. The maximum atomic E-state index is 11.0. The molecule has 2 N–H and O–H groups in total. The van der Waals surface area contributed by atoms with Gasteiger partial charge in [-0.2, -0.15) is 0 Å². The molecule has 0 saturated heterocycles. The van der Waals surface area contributed by atoms with Gasteiger partial charge in [-0.3, -0.25) is 4.79 Å². The van der Waals surface area contributed by atoms with Crippen molar-refractivity contribution in [2.75, 3.05) is 0 Å². The lowest BCUT2D eigenvalue weighted by Crippen LogP contribution is -2.31. The van der Waals surface area contributed by atoms with E-state index >= 15 is 0 Å². The molecule has 4 heteroatoms. The van der Waals surface area contributed by atoms with Gasteiger partial charge in [-0.15, -0.1) is 0 Å². The molecule has 2 atom stereocenters. The molecule has 92 valence electrons. The molecule has 0 aromatic rings. The summed E-state index contributed by atoms with van der Waals surface area (Å²) in [5, 5.41) is 0. The van der Waals surface area contributed by atoms with Crippen LogP contribution < -0.4 is 5.73 Å². The highest BCUT2D eigenvalue weighted by Crippen LogP contribution is 2.48. The van der Waals surface area contributed by atoms with Crippen molar-refractivity contribution in [2.24, 2.45) is 17.1 Å². The number of ether oxygens (including phenoxy) is 1. The van der Waals surface area contributed by atoms with Crippen LogP contribution in [0.3, 0.4) is 0 Å². The van der Waals surface area contributed by atoms with E-state index in [2.05, 4.69) is 24.0 Å². The number of allylic oxidation sites excluding steroid dienone is 1. The molecule has 1 amide bonds. The smallest absolute Gasteiger partial charge is 0.334 e. The maximum absolute atomic E-state index is 11.0. The summed E-state index contributed by atoms with van der Waals surface area (Å²) in [5.41, 5.74) is 5.05. The van der Waals surface area contributed by atoms with Crippen LogP contribution in [0.5, 0.6) is 0 Å². The van der Waals surface area contributed by atoms with Crippen LogP contribution in [0.2, 0.25) is 0 Å². The lowest BCUT2D eigenvalue weighted by atomic mass is 9.87. The van der Waals surface area contributed by atoms with E-state index in [9.17, 15) is 9.59 Å². The molecular formula is C13H17NO3. The Labute approximate surface area is 101 Å². The molecule has 2 bridgehead atoms. The molecule has 2 aliphatic carbocycles. The Balaban J connectivity index is 0.000000185. The number of hydrogen-bond acceptors (Lipinski definition) is 3. The van der Waals surface area contributed by atoms with Crippen LogP contribution in [0.15, 0.2) is 37.6 Å². The third kappa shape index (κ3) is 3.06. The van der Waals surface area contributed by atoms with Gasteiger partial charge in [0.05, 0.1) is 11.7 Å². The second kappa shape index (κ2) is 5.48. The van der Waals surface area contributed by atoms with Gasteiger partial charge in [0.2, 0.25) is 5.91 Å². The number of carbonyl (C=O) groups excluding carboxylic acids is 2. The number of amides is 1. The number of fused-ring (bicyclic) bond motifs is 2. The molecule has 0 aromatic heterocycles. The first-order valence-electron chi connectivity index (χ1n) is 5.47. The van der Waals surface area contributed by atoms with Gasteiger partial charge in [-0.1, -0.05) is 25.3 Å². The third-order valence-corrected chi connectivity index (χ3v) is 3.13. The van der Waals surface area contributed by atoms with Gasteiger partial charge in [0.1, 0.15) is 0 Å². The molecule has 0 heterocycles. The van der Waals surface area contributed by atoms with E-state index in [0.29, 0.717) is 5.92 Å². The molecule has 2 unspecified atom stereocenters. The number of carbonyl (C=O) groups is 2. The highest BCUT2D eigenvalue weighted by Gasteiger charge is 2.44. The number of nitrogens with two attached hydrogens (primary N) is 1. The first kappa shape index (κ1) is 13.2. The average molecular weight is 235 g/mol. The fraction of sp³-hybridized carbons (Fsp3) is 0.385. The van der Waals surface area contributed by atoms with Crippen molar-refractivity contribution >= 4 is 11.9 Å². The van der Waals surface area contributed by atoms with Crippen molar-refractivity contribution in [2.45, 2.75) is 19.3 Å². The zero-order valence-electron chi connectivity index (χ0n) is 9.72. The molecular weight excluding hydrogens is 218 g/mol. The van der Waals surface area contributed by atoms with Crippen molar-refractivity contribution < 1.29 is 14.3 Å². The summed E-state index contributed by atoms with van der Waals surface area (Å²) in [6.45, 7) is 6.31. The Morgan fingerprint density at radius 1 is 1.47 bits per heavy atom. The van der Waals surface area contributed by atoms with Crippen molar-refractivity contribution in [3.8, 4) is 0 Å². The van der Waals surface area contributed by atoms with E-state index in [0.717, 1.165) is 31.6 Å². The minimum atomic E-state index is -0.477. The Morgan fingerprint density at radius 2 is 2.18 bits per heavy atom. The molecule has 1 fully saturated rings. The van der Waals surface area contributed by atoms with E-state index in [-0.39, 0.29) is 11.3 Å². The summed E-state index contributed by atoms with van der Waals surface area (Å²) < 4.78 is 4.20. The summed E-state index contributed by atoms with van der Waals surface area (Å²) in [4.78, 5) is 21.0. The minimum Gasteiger partial charge on any atom is -0.432 e. The zero-order valence-corrected chi connectivity index (χ0v) is 9.72. The summed E-state index contributed by atoms with van der Waals surface area (Å²) >= 11 is 0. The van der Waals surface area contributed by atoms with E-state index in [1.54, 1.807) is 0 Å². The van der Waals surface area contributed by atoms with Gasteiger partial charge >= 0.3 is 5.97 Å². The number of rotatable bonds is 3. The SMILES string of the molecule is C=COC(=O)C=C.NC(=O)C12C=CC(CC1)C2. The summed E-state index contributed by atoms with van der Waals surface area (Å²) in [6, 6.07) is 0. The Hall–Kier alpha value is -1.84. The van der Waals surface area contributed by atoms with Gasteiger partial charge < -0.3 is 10.5 Å². The molecule has 1 saturated carbocycles. The molecule has 17 heavy (non-hydrogen) atoms. The van der Waals surface area contributed by atoms with Crippen molar-refractivity contribution in [3.63, 3.8) is 0 Å². The standard InChI is InChI=1S/C8H11NO.C5H6O2/c9-7(10)8-3-1-6(5-8)2-4-8;1-3-5(6)7-4-2/h1,3,6H,2,4-5H2,(H2,9,10);3-4H,1-2H2. The lowest BCUT2D eigenvalue weighted by Gasteiger charge is -2.17. The summed E-state index contributed by atoms with van der Waals surface area (Å²) in [6.07, 6.45) is 9.37. The van der Waals surface area contributed by atoms with Crippen LogP contribution in [0.25, 0.3) is 0 Å². The van der Waals surface area contributed by atoms with Crippen LogP contribution in [0.1, 0.15) is 19.3 Å². The third-order valence-electron chi connectivity index (χ3n) is 3.13. The van der Waals surface area contributed by atoms with Crippen molar-refractivity contribution in [1.82, 2.24) is 0 Å². The minimum absolute atomic E-state index is 0.135. The van der Waals surface area contributed by atoms with Gasteiger partial charge in [0.15, 0.2) is 0 Å². The largest absolute Gasteiger partial charge is 0.432 e. The van der Waals surface area contributed by atoms with Gasteiger partial charge in [0, 0.05) is 6.08 Å². The van der Waals surface area contributed by atoms with E-state index in [1.165, 1.54) is 0 Å². The highest BCUT2D eigenvalue weighted by atomic mass is 16.5. The van der Waals surface area contributed by atoms with E-state index < -0.39 is 5.97 Å². The zero-order chi connectivity index (χ0) is 12.9. The normalized spacial score (nSPS) is 27.9. The van der Waals surface area contributed by atoms with Crippen LogP contribution >= 0.6 is 0 Å². The number of hydrogen-bond donors (Lipinski definition) is 1. The summed E-state index contributed by atoms with van der Waals surface area (Å²) in [7, 11) is 0. The predicted molar refractivity (Wildman–Crippen MR) is 64.6 cm³/mol. The molecule has 0 aliphatic heterocycles. The van der Waals surface area contributed by atoms with Crippen LogP contribution in [0, 0.1) is 11.3 Å². The topological polar surface area (TPSA) is 69.4 Å². The second-order valence-corrected chi connectivity index (χ2v) is 4.19. The van der Waals surface area contributed by atoms with Crippen molar-refractivity contribution in [1.29, 1.82) is 0 Å². The maximum Gasteiger partial charge on any atom is 0.334 e. The first-order chi connectivity index (χ1) is 8.04. The van der Waals surface area contributed by atoms with Crippen LogP contribution in [-0.2, 0) is 14.3 Å². The molecule has 0 aromatic carbocycles. The number of primary amides is 1. The fourth-order valence-corrected chi connectivity index (χ4v) is 2.19. The highest BCUT2D eigenvalue weighted by molar-refractivity contribution is 5.84. The second-order valence-electron chi connectivity index (χ2n) is 4.19. The molecule has 0 radical (unpaired) electrons. The molecule has 4 nitrogen and oxygen atoms in total. The predicted octanol–water partition coefficient (Wildman–Crippen LogP) is 1.69. The van der Waals surface area contributed by atoms with Gasteiger partial charge in [-0.25, -0.2) is 4.79 Å². The Morgan fingerprint density at radius 3 is 2.35 bits per heavy atom. The lowest BCUT2D eigenvalue weighted by molar-refractivity contribution is -0.132. The van der Waals surface area contributed by atoms with Crippen LogP contribution in [-0.4, -0.2) is 11.9 Å². The van der Waals surface area contributed by atoms with Crippen molar-refractivity contribution in [3.05, 3.63) is 37.6 Å². The van der Waals surface area contributed by atoms with Gasteiger partial charge in [0.25, 0.3) is 0 Å². The average Bonchev–Trinajstić information content (AvgIpc) is 2.91. The number of esters is 1. The monoisotopic (exact) mass is 235 g/mol. The molecule has 2 rings (SSSR count). The Bertz CT molecular complexity index is 373. The molecule has 2 aliphatic rings. The summed E-state index contributed by atoms with van der Waals surface area (Å²) in [5.74, 6) is 0.0336. The fourth-order valence-electron chi connectivity index (χ4n) is 2.19. The van der Waals surface area contributed by atoms with E-state index in [1.807, 2.05) is 6.08 Å². The first-order valence-corrected chi connectivity index (χ1v) is 5.47. The van der Waals surface area contributed by atoms with Gasteiger partial charge in [-0.05, 0) is 25.2 Å². The van der Waals surface area contributed by atoms with Crippen LogP contribution in [0.4, 0.5) is 0 Å². The van der Waals surface area contributed by atoms with E-state index in [4.69, 9.17) is 5.73 Å². The molecule has 0 spiro atoms.